The largest absolute Gasteiger partial charge is 0.367 e. The van der Waals surface area contributed by atoms with Gasteiger partial charge >= 0.3 is 0 Å². The number of nitrogens with two attached hydrogens (primary N) is 1. The minimum atomic E-state index is -3.24. The Morgan fingerprint density at radius 1 is 1.29 bits per heavy atom. The summed E-state index contributed by atoms with van der Waals surface area (Å²) in [5.41, 5.74) is 3.35. The van der Waals surface area contributed by atoms with E-state index in [2.05, 4.69) is 15.6 Å². The van der Waals surface area contributed by atoms with Gasteiger partial charge < -0.3 is 15.6 Å². The Balaban J connectivity index is 1.93. The van der Waals surface area contributed by atoms with Crippen molar-refractivity contribution in [1.29, 1.82) is 0 Å². The zero-order valence-electron chi connectivity index (χ0n) is 20.9. The minimum absolute atomic E-state index is 0.00118. The van der Waals surface area contributed by atoms with Crippen LogP contribution in [0.15, 0.2) is 16.9 Å². The Morgan fingerprint density at radius 3 is 2.49 bits per heavy atom. The van der Waals surface area contributed by atoms with Crippen molar-refractivity contribution in [3.8, 4) is 0 Å². The summed E-state index contributed by atoms with van der Waals surface area (Å²) in [6.07, 6.45) is 3.77. The number of aromatic amines is 1. The highest BCUT2D eigenvalue weighted by Gasteiger charge is 2.29. The lowest BCUT2D eigenvalue weighted by Gasteiger charge is -2.30. The maximum absolute atomic E-state index is 13.3. The molecule has 1 aliphatic rings. The Bertz CT molecular complexity index is 1280. The van der Waals surface area contributed by atoms with Crippen LogP contribution >= 0.6 is 0 Å². The number of aromatic nitrogens is 2. The molecule has 0 aliphatic carbocycles. The van der Waals surface area contributed by atoms with Crippen molar-refractivity contribution in [2.75, 3.05) is 24.7 Å². The van der Waals surface area contributed by atoms with Gasteiger partial charge in [0.25, 0.3) is 11.5 Å². The van der Waals surface area contributed by atoms with Crippen LogP contribution in [0.2, 0.25) is 0 Å². The molecule has 0 saturated carbocycles. The van der Waals surface area contributed by atoms with E-state index in [0.29, 0.717) is 54.1 Å². The van der Waals surface area contributed by atoms with Gasteiger partial charge in [-0.3, -0.25) is 15.0 Å². The third kappa shape index (κ3) is 6.34. The number of carbonyl (C=O) groups excluding carboxylic acids is 1. The number of sulfonamides is 1. The summed E-state index contributed by atoms with van der Waals surface area (Å²) in [6, 6.07) is 3.64. The first kappa shape index (κ1) is 26.6. The SMILES string of the molecule is Cc1cc(C)c(CNC(=O)c2cc(C3CCN(S(C)(=O)=O)CC3)nc(NC(C)C)c2C=[NH2+])c(=O)[nH]1. The Morgan fingerprint density at radius 2 is 1.94 bits per heavy atom. The monoisotopic (exact) mass is 503 g/mol. The van der Waals surface area contributed by atoms with Gasteiger partial charge in [0.2, 0.25) is 10.0 Å². The van der Waals surface area contributed by atoms with Gasteiger partial charge in [-0.25, -0.2) is 17.7 Å². The second-order valence-electron chi connectivity index (χ2n) is 9.38. The highest BCUT2D eigenvalue weighted by molar-refractivity contribution is 7.88. The Hall–Kier alpha value is -3.05. The fourth-order valence-corrected chi connectivity index (χ4v) is 5.25. The molecule has 0 aromatic carbocycles. The molecule has 11 heteroatoms. The van der Waals surface area contributed by atoms with Crippen LogP contribution in [0.4, 0.5) is 5.82 Å². The summed E-state index contributed by atoms with van der Waals surface area (Å²) >= 11 is 0. The normalized spacial score (nSPS) is 15.3. The molecule has 1 fully saturated rings. The third-order valence-corrected chi connectivity index (χ3v) is 7.48. The lowest BCUT2D eigenvalue weighted by molar-refractivity contribution is -0.104. The van der Waals surface area contributed by atoms with Crippen LogP contribution in [0.1, 0.15) is 71.0 Å². The molecule has 0 unspecified atom stereocenters. The Kier molecular flexibility index (Phi) is 8.11. The number of hydrogen-bond donors (Lipinski definition) is 4. The fraction of sp³-hybridized carbons (Fsp3) is 0.500. The summed E-state index contributed by atoms with van der Waals surface area (Å²) in [6.45, 7) is 8.45. The first-order valence-corrected chi connectivity index (χ1v) is 13.5. The predicted molar refractivity (Wildman–Crippen MR) is 136 cm³/mol. The van der Waals surface area contributed by atoms with E-state index in [4.69, 9.17) is 10.4 Å². The predicted octanol–water partition coefficient (Wildman–Crippen LogP) is 0.454. The van der Waals surface area contributed by atoms with E-state index in [9.17, 15) is 18.0 Å². The van der Waals surface area contributed by atoms with E-state index in [0.717, 1.165) is 11.3 Å². The summed E-state index contributed by atoms with van der Waals surface area (Å²) < 4.78 is 25.3. The molecule has 190 valence electrons. The molecule has 2 aromatic rings. The molecular weight excluding hydrogens is 468 g/mol. The number of H-pyrrole nitrogens is 1. The topological polar surface area (TPSA) is 150 Å². The standard InChI is InChI=1S/C24H34N6O4S/c1-14(2)27-22-19(12-25)18(23(31)26-13-20-15(3)10-16(4)28-24(20)32)11-21(29-22)17-6-8-30(9-7-17)35(5,33)34/h10-12,14,17,25H,6-9,13H2,1-5H3,(H,26,31)(H,27,29)(H,28,32)/p+1. The highest BCUT2D eigenvalue weighted by Crippen LogP contribution is 2.31. The molecule has 35 heavy (non-hydrogen) atoms. The van der Waals surface area contributed by atoms with Gasteiger partial charge in [0.15, 0.2) is 6.21 Å². The van der Waals surface area contributed by atoms with E-state index in [-0.39, 0.29) is 30.0 Å². The number of carbonyl (C=O) groups is 1. The van der Waals surface area contributed by atoms with Gasteiger partial charge in [0.05, 0.1) is 17.4 Å². The van der Waals surface area contributed by atoms with Gasteiger partial charge in [-0.2, -0.15) is 0 Å². The van der Waals surface area contributed by atoms with Gasteiger partial charge in [-0.1, -0.05) is 0 Å². The second kappa shape index (κ2) is 10.7. The van der Waals surface area contributed by atoms with Crippen LogP contribution in [-0.2, 0) is 16.6 Å². The number of rotatable bonds is 8. The molecular formula is C24H35N6O4S+. The average molecular weight is 504 g/mol. The van der Waals surface area contributed by atoms with Crippen LogP contribution in [-0.4, -0.2) is 60.2 Å². The number of pyridine rings is 2. The molecule has 10 nitrogen and oxygen atoms in total. The van der Waals surface area contributed by atoms with Crippen molar-refractivity contribution in [2.45, 2.75) is 59.0 Å². The summed E-state index contributed by atoms with van der Waals surface area (Å²) in [7, 11) is -3.24. The maximum atomic E-state index is 13.3. The van der Waals surface area contributed by atoms with E-state index in [1.54, 1.807) is 6.07 Å². The maximum Gasteiger partial charge on any atom is 0.253 e. The van der Waals surface area contributed by atoms with Crippen LogP contribution in [0.5, 0.6) is 0 Å². The quantitative estimate of drug-likeness (QED) is 0.384. The van der Waals surface area contributed by atoms with Crippen molar-refractivity contribution in [3.05, 3.63) is 56.1 Å². The number of aryl methyl sites for hydroxylation is 2. The Labute approximate surface area is 206 Å². The molecule has 1 saturated heterocycles. The van der Waals surface area contributed by atoms with Crippen molar-refractivity contribution >= 4 is 28.0 Å². The van der Waals surface area contributed by atoms with E-state index in [1.165, 1.54) is 16.8 Å². The molecule has 3 heterocycles. The average Bonchev–Trinajstić information content (AvgIpc) is 2.76. The fourth-order valence-electron chi connectivity index (χ4n) is 4.37. The number of amides is 1. The van der Waals surface area contributed by atoms with Crippen LogP contribution in [0.25, 0.3) is 0 Å². The zero-order valence-corrected chi connectivity index (χ0v) is 21.8. The van der Waals surface area contributed by atoms with E-state index >= 15 is 0 Å². The molecule has 1 aliphatic heterocycles. The van der Waals surface area contributed by atoms with Gasteiger partial charge in [0.1, 0.15) is 5.82 Å². The number of piperidine rings is 1. The van der Waals surface area contributed by atoms with Gasteiger partial charge in [-0.05, 0) is 58.2 Å². The first-order chi connectivity index (χ1) is 16.4. The van der Waals surface area contributed by atoms with Gasteiger partial charge in [-0.15, -0.1) is 0 Å². The number of nitrogens with one attached hydrogen (secondary N) is 3. The number of hydrogen-bond acceptors (Lipinski definition) is 6. The highest BCUT2D eigenvalue weighted by atomic mass is 32.2. The van der Waals surface area contributed by atoms with Crippen molar-refractivity contribution in [3.63, 3.8) is 0 Å². The molecule has 5 N–H and O–H groups in total. The summed E-state index contributed by atoms with van der Waals surface area (Å²) in [5, 5.41) is 12.0. The molecule has 0 spiro atoms. The molecule has 3 rings (SSSR count). The molecule has 0 radical (unpaired) electrons. The minimum Gasteiger partial charge on any atom is -0.367 e. The lowest BCUT2D eigenvalue weighted by atomic mass is 9.92. The van der Waals surface area contributed by atoms with Crippen molar-refractivity contribution < 1.29 is 18.6 Å². The first-order valence-electron chi connectivity index (χ1n) is 11.7. The van der Waals surface area contributed by atoms with Crippen LogP contribution < -0.4 is 21.6 Å². The molecule has 2 aromatic heterocycles. The third-order valence-electron chi connectivity index (χ3n) is 6.18. The van der Waals surface area contributed by atoms with Crippen molar-refractivity contribution in [2.24, 2.45) is 0 Å². The number of nitrogens with zero attached hydrogens (tertiary/aromatic N) is 2. The van der Waals surface area contributed by atoms with E-state index < -0.39 is 10.0 Å². The second-order valence-corrected chi connectivity index (χ2v) is 11.4. The molecule has 0 bridgehead atoms. The molecule has 1 amide bonds. The van der Waals surface area contributed by atoms with Crippen LogP contribution in [0.3, 0.4) is 0 Å². The zero-order chi connectivity index (χ0) is 25.9. The van der Waals surface area contributed by atoms with Crippen LogP contribution in [0, 0.1) is 13.8 Å². The smallest absolute Gasteiger partial charge is 0.253 e. The lowest BCUT2D eigenvalue weighted by Crippen LogP contribution is -2.37. The summed E-state index contributed by atoms with van der Waals surface area (Å²) in [4.78, 5) is 33.2. The summed E-state index contributed by atoms with van der Waals surface area (Å²) in [5.74, 6) is 0.131. The van der Waals surface area contributed by atoms with Crippen molar-refractivity contribution in [1.82, 2.24) is 19.6 Å². The van der Waals surface area contributed by atoms with E-state index in [1.807, 2.05) is 33.8 Å². The molecule has 0 atom stereocenters. The van der Waals surface area contributed by atoms with Gasteiger partial charge in [0, 0.05) is 48.5 Å². The number of anilines is 1.